The van der Waals surface area contributed by atoms with Crippen LogP contribution in [0.4, 0.5) is 0 Å². The van der Waals surface area contributed by atoms with Crippen molar-refractivity contribution in [2.24, 2.45) is 10.8 Å². The second-order valence-corrected chi connectivity index (χ2v) is 8.46. The molecule has 1 aliphatic rings. The van der Waals surface area contributed by atoms with Crippen LogP contribution in [0.5, 0.6) is 0 Å². The highest BCUT2D eigenvalue weighted by atomic mass is 16.4. The third-order valence-electron chi connectivity index (χ3n) is 5.52. The molecule has 0 fully saturated rings. The molecule has 0 aromatic heterocycles. The molecule has 0 saturated carbocycles. The zero-order chi connectivity index (χ0) is 19.3. The summed E-state index contributed by atoms with van der Waals surface area (Å²) >= 11 is 0. The van der Waals surface area contributed by atoms with Crippen LogP contribution in [0.1, 0.15) is 67.7 Å². The summed E-state index contributed by atoms with van der Waals surface area (Å²) in [5.41, 5.74) is 5.29. The molecule has 1 atom stereocenters. The van der Waals surface area contributed by atoms with Crippen molar-refractivity contribution in [1.82, 2.24) is 0 Å². The molecule has 0 amide bonds. The molecule has 2 nitrogen and oxygen atoms in total. The summed E-state index contributed by atoms with van der Waals surface area (Å²) in [6.45, 7) is 15.5. The monoisotopic (exact) mass is 342 g/mol. The summed E-state index contributed by atoms with van der Waals surface area (Å²) in [4.78, 5) is 10.6. The van der Waals surface area contributed by atoms with Crippen molar-refractivity contribution in [3.8, 4) is 0 Å². The van der Waals surface area contributed by atoms with E-state index in [0.717, 1.165) is 11.1 Å². The van der Waals surface area contributed by atoms with Gasteiger partial charge in [-0.1, -0.05) is 69.2 Å². The zero-order valence-corrected chi connectivity index (χ0v) is 16.9. The third-order valence-corrected chi connectivity index (χ3v) is 5.52. The Labute approximate surface area is 153 Å². The molecular weight excluding hydrogens is 308 g/mol. The van der Waals surface area contributed by atoms with Crippen molar-refractivity contribution < 1.29 is 9.90 Å². The zero-order valence-electron chi connectivity index (χ0n) is 16.9. The molecule has 0 aliphatic heterocycles. The highest BCUT2D eigenvalue weighted by Crippen LogP contribution is 2.52. The van der Waals surface area contributed by atoms with E-state index >= 15 is 0 Å². The van der Waals surface area contributed by atoms with Crippen molar-refractivity contribution in [1.29, 1.82) is 0 Å². The number of aliphatic carboxylic acids is 1. The van der Waals surface area contributed by atoms with Gasteiger partial charge in [0.25, 0.3) is 0 Å². The average Bonchev–Trinajstić information content (AvgIpc) is 2.44. The molecule has 0 saturated heterocycles. The van der Waals surface area contributed by atoms with Crippen LogP contribution in [0.15, 0.2) is 58.7 Å². The Morgan fingerprint density at radius 2 is 1.80 bits per heavy atom. The largest absolute Gasteiger partial charge is 0.478 e. The van der Waals surface area contributed by atoms with Crippen molar-refractivity contribution in [3.05, 3.63) is 58.7 Å². The summed E-state index contributed by atoms with van der Waals surface area (Å²) < 4.78 is 0. The Balaban J connectivity index is 3.00. The van der Waals surface area contributed by atoms with E-state index in [1.807, 2.05) is 18.2 Å². The molecule has 2 heteroatoms. The van der Waals surface area contributed by atoms with Gasteiger partial charge in [0, 0.05) is 6.08 Å². The van der Waals surface area contributed by atoms with Crippen LogP contribution in [-0.2, 0) is 4.79 Å². The Morgan fingerprint density at radius 3 is 2.36 bits per heavy atom. The fourth-order valence-corrected chi connectivity index (χ4v) is 3.42. The smallest absolute Gasteiger partial charge is 0.328 e. The highest BCUT2D eigenvalue weighted by molar-refractivity contribution is 5.81. The number of carbonyl (C=O) groups is 1. The van der Waals surface area contributed by atoms with E-state index < -0.39 is 5.97 Å². The van der Waals surface area contributed by atoms with Gasteiger partial charge in [0.1, 0.15) is 0 Å². The van der Waals surface area contributed by atoms with Crippen LogP contribution in [0.25, 0.3) is 0 Å². The molecule has 0 radical (unpaired) electrons. The van der Waals surface area contributed by atoms with Crippen molar-refractivity contribution in [2.45, 2.75) is 67.7 Å². The van der Waals surface area contributed by atoms with Gasteiger partial charge in [0.15, 0.2) is 0 Å². The van der Waals surface area contributed by atoms with Crippen LogP contribution in [-0.4, -0.2) is 11.1 Å². The summed E-state index contributed by atoms with van der Waals surface area (Å²) in [5.74, 6) is -0.913. The summed E-state index contributed by atoms with van der Waals surface area (Å²) in [6, 6.07) is 0. The molecule has 1 rings (SSSR count). The Bertz CT molecular complexity index is 648. The van der Waals surface area contributed by atoms with Gasteiger partial charge in [-0.25, -0.2) is 4.79 Å². The van der Waals surface area contributed by atoms with Crippen molar-refractivity contribution >= 4 is 5.97 Å². The maximum absolute atomic E-state index is 10.6. The van der Waals surface area contributed by atoms with E-state index in [4.69, 9.17) is 5.11 Å². The van der Waals surface area contributed by atoms with Gasteiger partial charge >= 0.3 is 5.97 Å². The van der Waals surface area contributed by atoms with Crippen LogP contribution in [0, 0.1) is 10.8 Å². The van der Waals surface area contributed by atoms with Gasteiger partial charge in [-0.2, -0.15) is 0 Å². The van der Waals surface area contributed by atoms with E-state index in [1.165, 1.54) is 36.5 Å². The van der Waals surface area contributed by atoms with Gasteiger partial charge in [0.05, 0.1) is 0 Å². The summed E-state index contributed by atoms with van der Waals surface area (Å²) in [6.07, 6.45) is 15.1. The SMILES string of the molecule is CC1=C(/C=C/C(C)=C/C=C/C(C)=C/C(=O)O)[C@](C)(C(C)(C)C)CCC1. The third kappa shape index (κ3) is 5.88. The predicted octanol–water partition coefficient (Wildman–Crippen LogP) is 6.63. The summed E-state index contributed by atoms with van der Waals surface area (Å²) in [5, 5.41) is 8.72. The van der Waals surface area contributed by atoms with Gasteiger partial charge in [0.2, 0.25) is 0 Å². The quantitative estimate of drug-likeness (QED) is 0.450. The molecule has 138 valence electrons. The molecular formula is C23H34O2. The number of hydrogen-bond donors (Lipinski definition) is 1. The van der Waals surface area contributed by atoms with E-state index in [9.17, 15) is 4.79 Å². The standard InChI is InChI=1S/C23H34O2/c1-17(10-8-11-18(2)16-21(24)25)13-14-20-19(3)12-9-15-23(20,7)22(4,5)6/h8,10-11,13-14,16H,9,12,15H2,1-7H3,(H,24,25)/b11-8+,14-13+,17-10+,18-16+/t23-/m1/s1. The molecule has 0 aromatic carbocycles. The number of carboxylic acids is 1. The number of carboxylic acid groups (broad SMARTS) is 1. The molecule has 1 aliphatic carbocycles. The van der Waals surface area contributed by atoms with Gasteiger partial charge in [-0.15, -0.1) is 0 Å². The minimum atomic E-state index is -0.913. The maximum atomic E-state index is 10.6. The first-order chi connectivity index (χ1) is 11.5. The van der Waals surface area contributed by atoms with Gasteiger partial charge in [-0.05, 0) is 62.0 Å². The lowest BCUT2D eigenvalue weighted by Crippen LogP contribution is -2.36. The number of hydrogen-bond acceptors (Lipinski definition) is 1. The van der Waals surface area contributed by atoms with Crippen molar-refractivity contribution in [2.75, 3.05) is 0 Å². The van der Waals surface area contributed by atoms with Crippen LogP contribution >= 0.6 is 0 Å². The first kappa shape index (κ1) is 21.2. The predicted molar refractivity (Wildman–Crippen MR) is 108 cm³/mol. The topological polar surface area (TPSA) is 37.3 Å². The molecule has 1 N–H and O–H groups in total. The Hall–Kier alpha value is -1.83. The molecule has 0 spiro atoms. The minimum Gasteiger partial charge on any atom is -0.478 e. The van der Waals surface area contributed by atoms with Crippen LogP contribution in [0.2, 0.25) is 0 Å². The number of allylic oxidation sites excluding steroid dienone is 9. The molecule has 0 aromatic rings. The number of rotatable bonds is 5. The fraction of sp³-hybridized carbons (Fsp3) is 0.522. The van der Waals surface area contributed by atoms with E-state index in [2.05, 4.69) is 53.7 Å². The van der Waals surface area contributed by atoms with E-state index in [-0.39, 0.29) is 10.8 Å². The maximum Gasteiger partial charge on any atom is 0.328 e. The van der Waals surface area contributed by atoms with E-state index in [1.54, 1.807) is 6.92 Å². The first-order valence-corrected chi connectivity index (χ1v) is 9.12. The molecule has 0 unspecified atom stereocenters. The highest BCUT2D eigenvalue weighted by Gasteiger charge is 2.41. The second-order valence-electron chi connectivity index (χ2n) is 8.46. The second kappa shape index (κ2) is 8.51. The lowest BCUT2D eigenvalue weighted by Gasteiger charge is -2.47. The first-order valence-electron chi connectivity index (χ1n) is 9.12. The average molecular weight is 343 g/mol. The Kier molecular flexibility index (Phi) is 7.22. The van der Waals surface area contributed by atoms with Crippen molar-refractivity contribution in [3.63, 3.8) is 0 Å². The lowest BCUT2D eigenvalue weighted by molar-refractivity contribution is -0.131. The van der Waals surface area contributed by atoms with Crippen LogP contribution < -0.4 is 0 Å². The van der Waals surface area contributed by atoms with Crippen LogP contribution in [0.3, 0.4) is 0 Å². The Morgan fingerprint density at radius 1 is 1.16 bits per heavy atom. The minimum absolute atomic E-state index is 0.197. The fourth-order valence-electron chi connectivity index (χ4n) is 3.42. The molecule has 0 heterocycles. The van der Waals surface area contributed by atoms with Gasteiger partial charge < -0.3 is 5.11 Å². The summed E-state index contributed by atoms with van der Waals surface area (Å²) in [7, 11) is 0. The van der Waals surface area contributed by atoms with E-state index in [0.29, 0.717) is 0 Å². The lowest BCUT2D eigenvalue weighted by atomic mass is 9.58. The normalized spacial score (nSPS) is 23.8. The molecule has 0 bridgehead atoms. The van der Waals surface area contributed by atoms with Gasteiger partial charge in [-0.3, -0.25) is 0 Å². The molecule has 25 heavy (non-hydrogen) atoms.